The topological polar surface area (TPSA) is 153 Å². The van der Waals surface area contributed by atoms with Gasteiger partial charge in [-0.05, 0) is 12.1 Å². The lowest BCUT2D eigenvalue weighted by molar-refractivity contribution is 0.0748. The number of nitrogens with two attached hydrogens (primary N) is 2. The van der Waals surface area contributed by atoms with E-state index in [-0.39, 0.29) is 22.9 Å². The number of rotatable bonds is 4. The molecule has 0 amide bonds. The van der Waals surface area contributed by atoms with Gasteiger partial charge in [-0.3, -0.25) is 10.2 Å². The molecule has 9 heteroatoms. The second-order valence-corrected chi connectivity index (χ2v) is 6.38. The first-order valence-electron chi connectivity index (χ1n) is 6.83. The fourth-order valence-corrected chi connectivity index (χ4v) is 2.10. The van der Waals surface area contributed by atoms with Gasteiger partial charge in [0.2, 0.25) is 0 Å². The molecular formula is C16H17N3O5S. The third-order valence-corrected chi connectivity index (χ3v) is 3.08. The van der Waals surface area contributed by atoms with Crippen molar-refractivity contribution in [3.8, 4) is 0 Å². The lowest BCUT2D eigenvalue weighted by atomic mass is 10.0. The SMILES string of the molecule is CS(=O)(=O)OC(=O)c1cccc(C(=O)c2ccccc2)c1.N=C(N)N. The summed E-state index contributed by atoms with van der Waals surface area (Å²) in [5.41, 5.74) is 9.71. The van der Waals surface area contributed by atoms with Crippen LogP contribution in [-0.2, 0) is 14.3 Å². The molecule has 0 saturated carbocycles. The third kappa shape index (κ3) is 7.27. The lowest BCUT2D eigenvalue weighted by Gasteiger charge is -2.04. The predicted molar refractivity (Wildman–Crippen MR) is 92.7 cm³/mol. The van der Waals surface area contributed by atoms with Crippen LogP contribution in [-0.4, -0.2) is 32.4 Å². The molecular weight excluding hydrogens is 346 g/mol. The Morgan fingerprint density at radius 2 is 1.40 bits per heavy atom. The number of ketones is 1. The fraction of sp³-hybridized carbons (Fsp3) is 0.0625. The molecule has 0 saturated heterocycles. The first-order chi connectivity index (χ1) is 11.6. The Hall–Kier alpha value is -3.20. The Morgan fingerprint density at radius 3 is 1.92 bits per heavy atom. The second kappa shape index (κ2) is 8.60. The predicted octanol–water partition coefficient (Wildman–Crippen LogP) is 0.873. The molecule has 25 heavy (non-hydrogen) atoms. The van der Waals surface area contributed by atoms with Crippen molar-refractivity contribution in [1.29, 1.82) is 5.41 Å². The Kier molecular flexibility index (Phi) is 6.82. The summed E-state index contributed by atoms with van der Waals surface area (Å²) in [4.78, 5) is 23.9. The average molecular weight is 363 g/mol. The molecule has 0 fully saturated rings. The number of carbonyl (C=O) groups is 2. The van der Waals surface area contributed by atoms with E-state index in [0.29, 0.717) is 5.56 Å². The van der Waals surface area contributed by atoms with Crippen molar-refractivity contribution in [2.24, 2.45) is 11.5 Å². The van der Waals surface area contributed by atoms with E-state index >= 15 is 0 Å². The van der Waals surface area contributed by atoms with Crippen LogP contribution in [0, 0.1) is 5.41 Å². The molecule has 0 heterocycles. The van der Waals surface area contributed by atoms with E-state index in [1.165, 1.54) is 18.2 Å². The second-order valence-electron chi connectivity index (χ2n) is 4.81. The minimum atomic E-state index is -3.89. The fourth-order valence-electron chi connectivity index (χ4n) is 1.73. The Morgan fingerprint density at radius 1 is 0.920 bits per heavy atom. The van der Waals surface area contributed by atoms with Gasteiger partial charge in [0.05, 0.1) is 11.8 Å². The van der Waals surface area contributed by atoms with Crippen LogP contribution in [0.15, 0.2) is 54.6 Å². The van der Waals surface area contributed by atoms with Gasteiger partial charge in [0, 0.05) is 11.1 Å². The highest BCUT2D eigenvalue weighted by atomic mass is 32.2. The first-order valence-corrected chi connectivity index (χ1v) is 8.65. The lowest BCUT2D eigenvalue weighted by Crippen LogP contribution is -2.20. The molecule has 2 rings (SSSR count). The van der Waals surface area contributed by atoms with Crippen LogP contribution in [0.2, 0.25) is 0 Å². The van der Waals surface area contributed by atoms with Crippen molar-refractivity contribution < 1.29 is 22.2 Å². The summed E-state index contributed by atoms with van der Waals surface area (Å²) in [6, 6.07) is 14.3. The number of guanidine groups is 1. The monoisotopic (exact) mass is 363 g/mol. The Balaban J connectivity index is 0.000000705. The normalized spacial score (nSPS) is 10.1. The highest BCUT2D eigenvalue weighted by Gasteiger charge is 2.16. The molecule has 2 aromatic carbocycles. The van der Waals surface area contributed by atoms with Crippen molar-refractivity contribution in [3.63, 3.8) is 0 Å². The standard InChI is InChI=1S/C15H12O5S.CH5N3/c1-21(18,19)20-15(17)13-9-5-8-12(10-13)14(16)11-6-3-2-4-7-11;2-1(3)4/h2-10H,1H3;(H5,2,3,4). The molecule has 5 N–H and O–H groups in total. The van der Waals surface area contributed by atoms with Gasteiger partial charge in [-0.15, -0.1) is 0 Å². The van der Waals surface area contributed by atoms with E-state index in [1.807, 2.05) is 0 Å². The number of nitrogens with one attached hydrogen (secondary N) is 1. The summed E-state index contributed by atoms with van der Waals surface area (Å²) < 4.78 is 26.2. The molecule has 0 radical (unpaired) electrons. The molecule has 0 aliphatic carbocycles. The van der Waals surface area contributed by atoms with Crippen molar-refractivity contribution in [3.05, 3.63) is 71.3 Å². The van der Waals surface area contributed by atoms with Crippen LogP contribution in [0.3, 0.4) is 0 Å². The van der Waals surface area contributed by atoms with Crippen molar-refractivity contribution >= 4 is 27.8 Å². The number of carbonyl (C=O) groups excluding carboxylic acids is 2. The maximum atomic E-state index is 12.2. The molecule has 2 aromatic rings. The third-order valence-electron chi connectivity index (χ3n) is 2.62. The zero-order valence-corrected chi connectivity index (χ0v) is 14.1. The van der Waals surface area contributed by atoms with Crippen LogP contribution in [0.5, 0.6) is 0 Å². The van der Waals surface area contributed by atoms with Gasteiger partial charge in [0.1, 0.15) is 0 Å². The van der Waals surface area contributed by atoms with Crippen molar-refractivity contribution in [2.45, 2.75) is 0 Å². The number of hydrogen-bond acceptors (Lipinski definition) is 6. The highest BCUT2D eigenvalue weighted by Crippen LogP contribution is 2.13. The summed E-state index contributed by atoms with van der Waals surface area (Å²) in [6.07, 6.45) is 0.782. The average Bonchev–Trinajstić information content (AvgIpc) is 2.53. The van der Waals surface area contributed by atoms with E-state index in [0.717, 1.165) is 6.26 Å². The van der Waals surface area contributed by atoms with Gasteiger partial charge in [0.25, 0.3) is 0 Å². The van der Waals surface area contributed by atoms with Gasteiger partial charge < -0.3 is 15.7 Å². The summed E-state index contributed by atoms with van der Waals surface area (Å²) in [7, 11) is -3.89. The zero-order valence-electron chi connectivity index (χ0n) is 13.3. The Labute approximate surface area is 145 Å². The number of benzene rings is 2. The van der Waals surface area contributed by atoms with E-state index in [2.05, 4.69) is 15.7 Å². The zero-order chi connectivity index (χ0) is 19.0. The molecule has 0 bridgehead atoms. The summed E-state index contributed by atoms with van der Waals surface area (Å²) >= 11 is 0. The van der Waals surface area contributed by atoms with Crippen LogP contribution < -0.4 is 11.5 Å². The van der Waals surface area contributed by atoms with Crippen LogP contribution in [0.25, 0.3) is 0 Å². The van der Waals surface area contributed by atoms with Crippen LogP contribution in [0.1, 0.15) is 26.3 Å². The smallest absolute Gasteiger partial charge is 0.353 e. The first kappa shape index (κ1) is 19.8. The maximum absolute atomic E-state index is 12.2. The summed E-state index contributed by atoms with van der Waals surface area (Å²) in [5.74, 6) is -1.61. The minimum Gasteiger partial charge on any atom is -0.370 e. The molecule has 0 spiro atoms. The van der Waals surface area contributed by atoms with E-state index in [1.54, 1.807) is 36.4 Å². The molecule has 0 aliphatic rings. The molecule has 0 aromatic heterocycles. The minimum absolute atomic E-state index is 0.00204. The van der Waals surface area contributed by atoms with Gasteiger partial charge >= 0.3 is 16.1 Å². The summed E-state index contributed by atoms with van der Waals surface area (Å²) in [6.45, 7) is 0. The molecule has 8 nitrogen and oxygen atoms in total. The number of hydrogen-bond donors (Lipinski definition) is 3. The van der Waals surface area contributed by atoms with Gasteiger partial charge in [-0.1, -0.05) is 42.5 Å². The van der Waals surface area contributed by atoms with Gasteiger partial charge in [0.15, 0.2) is 11.7 Å². The van der Waals surface area contributed by atoms with E-state index in [9.17, 15) is 18.0 Å². The molecule has 0 unspecified atom stereocenters. The quantitative estimate of drug-likeness (QED) is 0.315. The van der Waals surface area contributed by atoms with Crippen LogP contribution >= 0.6 is 0 Å². The van der Waals surface area contributed by atoms with E-state index in [4.69, 9.17) is 5.41 Å². The highest BCUT2D eigenvalue weighted by molar-refractivity contribution is 7.86. The van der Waals surface area contributed by atoms with Crippen LogP contribution in [0.4, 0.5) is 0 Å². The van der Waals surface area contributed by atoms with Crippen molar-refractivity contribution in [1.82, 2.24) is 0 Å². The largest absolute Gasteiger partial charge is 0.370 e. The molecule has 0 aliphatic heterocycles. The molecule has 0 atom stereocenters. The molecule has 132 valence electrons. The van der Waals surface area contributed by atoms with Crippen molar-refractivity contribution in [2.75, 3.05) is 6.26 Å². The van der Waals surface area contributed by atoms with Gasteiger partial charge in [-0.2, -0.15) is 8.42 Å². The van der Waals surface area contributed by atoms with Gasteiger partial charge in [-0.25, -0.2) is 4.79 Å². The Bertz CT molecular complexity index is 876. The van der Waals surface area contributed by atoms with E-state index < -0.39 is 16.1 Å². The summed E-state index contributed by atoms with van der Waals surface area (Å²) in [5, 5.41) is 6.06. The maximum Gasteiger partial charge on any atom is 0.353 e.